The average molecular weight is 245 g/mol. The van der Waals surface area contributed by atoms with Crippen LogP contribution in [0, 0.1) is 17.2 Å². The minimum Gasteiger partial charge on any atom is -0.399 e. The average Bonchev–Trinajstić information content (AvgIpc) is 2.34. The van der Waals surface area contributed by atoms with Gasteiger partial charge in [-0.05, 0) is 30.2 Å². The molecule has 4 nitrogen and oxygen atoms in total. The van der Waals surface area contributed by atoms with Crippen molar-refractivity contribution in [3.05, 3.63) is 29.8 Å². The number of nitrogens with two attached hydrogens (primary N) is 1. The van der Waals surface area contributed by atoms with Crippen LogP contribution >= 0.6 is 0 Å². The summed E-state index contributed by atoms with van der Waals surface area (Å²) in [5, 5.41) is 8.63. The highest BCUT2D eigenvalue weighted by Gasteiger charge is 2.16. The predicted molar refractivity (Wildman–Crippen MR) is 71.8 cm³/mol. The lowest BCUT2D eigenvalue weighted by atomic mass is 10.1. The molecule has 0 atom stereocenters. The summed E-state index contributed by atoms with van der Waals surface area (Å²) in [5.41, 5.74) is 6.85. The number of anilines is 1. The summed E-state index contributed by atoms with van der Waals surface area (Å²) >= 11 is 0. The SMILES string of the molecule is CC(C)CN(CCC#N)C(=O)c1ccc(N)cc1. The van der Waals surface area contributed by atoms with E-state index in [1.807, 2.05) is 0 Å². The first-order chi connectivity index (χ1) is 8.54. The van der Waals surface area contributed by atoms with Crippen LogP contribution in [0.2, 0.25) is 0 Å². The van der Waals surface area contributed by atoms with Gasteiger partial charge in [0.05, 0.1) is 12.5 Å². The van der Waals surface area contributed by atoms with Gasteiger partial charge in [0.1, 0.15) is 0 Å². The molecule has 0 heterocycles. The fraction of sp³-hybridized carbons (Fsp3) is 0.429. The van der Waals surface area contributed by atoms with Crippen molar-refractivity contribution in [2.75, 3.05) is 18.8 Å². The second kappa shape index (κ2) is 6.65. The molecule has 1 amide bonds. The van der Waals surface area contributed by atoms with E-state index in [4.69, 9.17) is 11.0 Å². The minimum absolute atomic E-state index is 0.0426. The van der Waals surface area contributed by atoms with Crippen molar-refractivity contribution < 1.29 is 4.79 Å². The third kappa shape index (κ3) is 4.10. The highest BCUT2D eigenvalue weighted by Crippen LogP contribution is 2.10. The molecule has 0 aromatic heterocycles. The van der Waals surface area contributed by atoms with E-state index in [1.165, 1.54) is 0 Å². The lowest BCUT2D eigenvalue weighted by molar-refractivity contribution is 0.0740. The molecule has 1 rings (SSSR count). The van der Waals surface area contributed by atoms with Gasteiger partial charge in [-0.3, -0.25) is 4.79 Å². The summed E-state index contributed by atoms with van der Waals surface area (Å²) in [6, 6.07) is 8.94. The zero-order valence-corrected chi connectivity index (χ0v) is 10.9. The highest BCUT2D eigenvalue weighted by molar-refractivity contribution is 5.94. The van der Waals surface area contributed by atoms with Gasteiger partial charge in [-0.1, -0.05) is 13.8 Å². The molecule has 2 N–H and O–H groups in total. The standard InChI is InChI=1S/C14H19N3O/c1-11(2)10-17(9-3-8-15)14(18)12-4-6-13(16)7-5-12/h4-7,11H,3,9-10,16H2,1-2H3. The van der Waals surface area contributed by atoms with Gasteiger partial charge in [0, 0.05) is 24.3 Å². The maximum absolute atomic E-state index is 12.3. The number of hydrogen-bond acceptors (Lipinski definition) is 3. The van der Waals surface area contributed by atoms with Crippen molar-refractivity contribution in [2.45, 2.75) is 20.3 Å². The molecule has 0 saturated carbocycles. The van der Waals surface area contributed by atoms with Gasteiger partial charge in [0.15, 0.2) is 0 Å². The van der Waals surface area contributed by atoms with E-state index in [0.29, 0.717) is 36.7 Å². The van der Waals surface area contributed by atoms with Crippen molar-refractivity contribution in [2.24, 2.45) is 5.92 Å². The monoisotopic (exact) mass is 245 g/mol. The second-order valence-electron chi connectivity index (χ2n) is 4.68. The van der Waals surface area contributed by atoms with Gasteiger partial charge in [0.2, 0.25) is 0 Å². The molecule has 4 heteroatoms. The lowest BCUT2D eigenvalue weighted by Gasteiger charge is -2.23. The Balaban J connectivity index is 2.81. The van der Waals surface area contributed by atoms with Crippen molar-refractivity contribution in [1.82, 2.24) is 4.90 Å². The molecular weight excluding hydrogens is 226 g/mol. The molecule has 0 saturated heterocycles. The van der Waals surface area contributed by atoms with Crippen LogP contribution in [0.15, 0.2) is 24.3 Å². The van der Waals surface area contributed by atoms with Crippen LogP contribution in [0.5, 0.6) is 0 Å². The molecular formula is C14H19N3O. The fourth-order valence-electron chi connectivity index (χ4n) is 1.71. The number of nitriles is 1. The van der Waals surface area contributed by atoms with Crippen LogP contribution in [0.3, 0.4) is 0 Å². The Labute approximate surface area is 108 Å². The summed E-state index contributed by atoms with van der Waals surface area (Å²) in [7, 11) is 0. The summed E-state index contributed by atoms with van der Waals surface area (Å²) in [5.74, 6) is 0.334. The smallest absolute Gasteiger partial charge is 0.253 e. The number of nitrogens with zero attached hydrogens (tertiary/aromatic N) is 2. The maximum Gasteiger partial charge on any atom is 0.253 e. The van der Waals surface area contributed by atoms with E-state index in [0.717, 1.165) is 0 Å². The molecule has 18 heavy (non-hydrogen) atoms. The topological polar surface area (TPSA) is 70.1 Å². The van der Waals surface area contributed by atoms with Gasteiger partial charge < -0.3 is 10.6 Å². The van der Waals surface area contributed by atoms with Crippen LogP contribution in [-0.2, 0) is 0 Å². The fourth-order valence-corrected chi connectivity index (χ4v) is 1.71. The van der Waals surface area contributed by atoms with Gasteiger partial charge >= 0.3 is 0 Å². The first-order valence-corrected chi connectivity index (χ1v) is 6.06. The summed E-state index contributed by atoms with van der Waals surface area (Å²) < 4.78 is 0. The largest absolute Gasteiger partial charge is 0.399 e. The Morgan fingerprint density at radius 3 is 2.50 bits per heavy atom. The number of benzene rings is 1. The van der Waals surface area contributed by atoms with Crippen LogP contribution in [-0.4, -0.2) is 23.9 Å². The van der Waals surface area contributed by atoms with Crippen LogP contribution in [0.1, 0.15) is 30.6 Å². The Morgan fingerprint density at radius 2 is 2.00 bits per heavy atom. The van der Waals surface area contributed by atoms with Gasteiger partial charge in [0.25, 0.3) is 5.91 Å². The molecule has 0 aliphatic heterocycles. The normalized spacial score (nSPS) is 10.1. The van der Waals surface area contributed by atoms with E-state index >= 15 is 0 Å². The molecule has 1 aromatic carbocycles. The Bertz CT molecular complexity index is 431. The van der Waals surface area contributed by atoms with Gasteiger partial charge in [-0.25, -0.2) is 0 Å². The number of carbonyl (C=O) groups is 1. The third-order valence-corrected chi connectivity index (χ3v) is 2.52. The number of nitrogen functional groups attached to an aromatic ring is 1. The van der Waals surface area contributed by atoms with Crippen molar-refractivity contribution >= 4 is 11.6 Å². The van der Waals surface area contributed by atoms with Crippen molar-refractivity contribution in [3.8, 4) is 6.07 Å². The number of amides is 1. The number of hydrogen-bond donors (Lipinski definition) is 1. The quantitative estimate of drug-likeness (QED) is 0.809. The third-order valence-electron chi connectivity index (χ3n) is 2.52. The van der Waals surface area contributed by atoms with E-state index < -0.39 is 0 Å². The van der Waals surface area contributed by atoms with E-state index in [2.05, 4.69) is 19.9 Å². The summed E-state index contributed by atoms with van der Waals surface area (Å²) in [6.07, 6.45) is 0.355. The van der Waals surface area contributed by atoms with Gasteiger partial charge in [-0.15, -0.1) is 0 Å². The molecule has 0 aliphatic rings. The number of carbonyl (C=O) groups excluding carboxylic acids is 1. The molecule has 0 aliphatic carbocycles. The van der Waals surface area contributed by atoms with Crippen molar-refractivity contribution in [3.63, 3.8) is 0 Å². The Kier molecular flexibility index (Phi) is 5.19. The van der Waals surface area contributed by atoms with E-state index in [1.54, 1.807) is 29.2 Å². The zero-order valence-electron chi connectivity index (χ0n) is 10.9. The molecule has 0 unspecified atom stereocenters. The Morgan fingerprint density at radius 1 is 1.39 bits per heavy atom. The molecule has 96 valence electrons. The molecule has 0 spiro atoms. The second-order valence-corrected chi connectivity index (χ2v) is 4.68. The summed E-state index contributed by atoms with van der Waals surface area (Å²) in [4.78, 5) is 14.0. The lowest BCUT2D eigenvalue weighted by Crippen LogP contribution is -2.35. The van der Waals surface area contributed by atoms with E-state index in [-0.39, 0.29) is 5.91 Å². The summed E-state index contributed by atoms with van der Waals surface area (Å²) in [6.45, 7) is 5.23. The predicted octanol–water partition coefficient (Wildman–Crippen LogP) is 2.28. The minimum atomic E-state index is -0.0426. The van der Waals surface area contributed by atoms with Crippen molar-refractivity contribution in [1.29, 1.82) is 5.26 Å². The molecule has 0 radical (unpaired) electrons. The number of rotatable bonds is 5. The van der Waals surface area contributed by atoms with Gasteiger partial charge in [-0.2, -0.15) is 5.26 Å². The highest BCUT2D eigenvalue weighted by atomic mass is 16.2. The van der Waals surface area contributed by atoms with E-state index in [9.17, 15) is 4.79 Å². The first kappa shape index (κ1) is 14.0. The first-order valence-electron chi connectivity index (χ1n) is 6.06. The maximum atomic E-state index is 12.3. The Hall–Kier alpha value is -2.02. The van der Waals surface area contributed by atoms with Crippen LogP contribution in [0.25, 0.3) is 0 Å². The zero-order chi connectivity index (χ0) is 13.5. The molecule has 0 fully saturated rings. The molecule has 0 bridgehead atoms. The molecule has 1 aromatic rings. The van der Waals surface area contributed by atoms with Crippen LogP contribution in [0.4, 0.5) is 5.69 Å². The van der Waals surface area contributed by atoms with Crippen LogP contribution < -0.4 is 5.73 Å².